The summed E-state index contributed by atoms with van der Waals surface area (Å²) in [6.45, 7) is 0. The highest BCUT2D eigenvalue weighted by atomic mass is 35.5. The standard InChI is InChI=1S/C10H7Cl2N5O2/c11-5-2-1-3-6(12)7(5)16-10-8(17(18)19)9(13)14-4-15-10/h1-4H,(H3,13,14,15,16). The summed E-state index contributed by atoms with van der Waals surface area (Å²) in [7, 11) is 0. The van der Waals surface area contributed by atoms with Crippen molar-refractivity contribution < 1.29 is 4.92 Å². The number of nitrogens with zero attached hydrogens (tertiary/aromatic N) is 3. The molecule has 0 amide bonds. The summed E-state index contributed by atoms with van der Waals surface area (Å²) in [6, 6.07) is 4.83. The number of nitro groups is 1. The van der Waals surface area contributed by atoms with E-state index < -0.39 is 10.6 Å². The van der Waals surface area contributed by atoms with Gasteiger partial charge in [-0.2, -0.15) is 0 Å². The van der Waals surface area contributed by atoms with Gasteiger partial charge in [-0.1, -0.05) is 29.3 Å². The third kappa shape index (κ3) is 2.67. The van der Waals surface area contributed by atoms with Crippen molar-refractivity contribution >= 4 is 46.2 Å². The van der Waals surface area contributed by atoms with Crippen LogP contribution < -0.4 is 11.1 Å². The highest BCUT2D eigenvalue weighted by molar-refractivity contribution is 6.39. The van der Waals surface area contributed by atoms with Crippen molar-refractivity contribution in [2.45, 2.75) is 0 Å². The molecule has 0 aliphatic heterocycles. The lowest BCUT2D eigenvalue weighted by molar-refractivity contribution is -0.383. The van der Waals surface area contributed by atoms with Crippen LogP contribution in [0, 0.1) is 10.1 Å². The molecule has 0 saturated carbocycles. The minimum absolute atomic E-state index is 0.0764. The third-order valence-electron chi connectivity index (χ3n) is 2.24. The molecule has 7 nitrogen and oxygen atoms in total. The summed E-state index contributed by atoms with van der Waals surface area (Å²) < 4.78 is 0. The quantitative estimate of drug-likeness (QED) is 0.666. The molecule has 0 atom stereocenters. The van der Waals surface area contributed by atoms with Gasteiger partial charge in [0.1, 0.15) is 6.33 Å². The van der Waals surface area contributed by atoms with Crippen LogP contribution in [0.1, 0.15) is 0 Å². The van der Waals surface area contributed by atoms with Crippen LogP contribution in [-0.4, -0.2) is 14.9 Å². The monoisotopic (exact) mass is 299 g/mol. The van der Waals surface area contributed by atoms with Crippen LogP contribution in [0.4, 0.5) is 23.0 Å². The van der Waals surface area contributed by atoms with Gasteiger partial charge in [0.25, 0.3) is 0 Å². The van der Waals surface area contributed by atoms with E-state index in [-0.39, 0.29) is 11.6 Å². The molecule has 0 spiro atoms. The van der Waals surface area contributed by atoms with Crippen LogP contribution >= 0.6 is 23.2 Å². The summed E-state index contributed by atoms with van der Waals surface area (Å²) in [5.41, 5.74) is 5.33. The van der Waals surface area contributed by atoms with Gasteiger partial charge in [0, 0.05) is 0 Å². The molecule has 98 valence electrons. The van der Waals surface area contributed by atoms with Crippen LogP contribution in [-0.2, 0) is 0 Å². The topological polar surface area (TPSA) is 107 Å². The number of nitrogens with one attached hydrogen (secondary N) is 1. The second-order valence-electron chi connectivity index (χ2n) is 3.43. The van der Waals surface area contributed by atoms with Crippen molar-refractivity contribution in [1.29, 1.82) is 0 Å². The zero-order chi connectivity index (χ0) is 14.0. The Balaban J connectivity index is 2.50. The van der Waals surface area contributed by atoms with E-state index in [1.54, 1.807) is 18.2 Å². The van der Waals surface area contributed by atoms with E-state index in [2.05, 4.69) is 15.3 Å². The molecule has 0 unspecified atom stereocenters. The highest BCUT2D eigenvalue weighted by Crippen LogP contribution is 2.35. The number of anilines is 3. The molecule has 1 aromatic heterocycles. The Hall–Kier alpha value is -2.12. The number of halogens is 2. The molecule has 2 rings (SSSR count). The zero-order valence-corrected chi connectivity index (χ0v) is 10.8. The molecule has 0 fully saturated rings. The first-order valence-corrected chi connectivity index (χ1v) is 5.72. The summed E-state index contributed by atoms with van der Waals surface area (Å²) in [4.78, 5) is 17.6. The molecular weight excluding hydrogens is 293 g/mol. The molecule has 9 heteroatoms. The van der Waals surface area contributed by atoms with Gasteiger partial charge in [-0.05, 0) is 12.1 Å². The van der Waals surface area contributed by atoms with Crippen molar-refractivity contribution in [2.75, 3.05) is 11.1 Å². The maximum atomic E-state index is 10.9. The minimum atomic E-state index is -0.678. The fourth-order valence-electron chi connectivity index (χ4n) is 1.40. The lowest BCUT2D eigenvalue weighted by Crippen LogP contribution is -2.05. The van der Waals surface area contributed by atoms with E-state index in [4.69, 9.17) is 28.9 Å². The maximum absolute atomic E-state index is 10.9. The van der Waals surface area contributed by atoms with E-state index in [0.717, 1.165) is 6.33 Å². The first-order valence-electron chi connectivity index (χ1n) is 4.96. The Morgan fingerprint density at radius 3 is 2.47 bits per heavy atom. The molecule has 0 aliphatic carbocycles. The molecule has 1 aromatic carbocycles. The van der Waals surface area contributed by atoms with Crippen LogP contribution in [0.15, 0.2) is 24.5 Å². The summed E-state index contributed by atoms with van der Waals surface area (Å²) in [6.07, 6.45) is 1.11. The average Bonchev–Trinajstić information content (AvgIpc) is 2.33. The second-order valence-corrected chi connectivity index (χ2v) is 4.25. The number of benzene rings is 1. The van der Waals surface area contributed by atoms with Crippen molar-refractivity contribution in [3.05, 3.63) is 44.7 Å². The third-order valence-corrected chi connectivity index (χ3v) is 2.87. The fourth-order valence-corrected chi connectivity index (χ4v) is 1.89. The summed E-state index contributed by atoms with van der Waals surface area (Å²) in [5, 5.41) is 14.2. The van der Waals surface area contributed by atoms with Crippen molar-refractivity contribution in [2.24, 2.45) is 0 Å². The molecule has 2 aromatic rings. The Morgan fingerprint density at radius 1 is 1.26 bits per heavy atom. The first kappa shape index (κ1) is 13.3. The van der Waals surface area contributed by atoms with E-state index >= 15 is 0 Å². The van der Waals surface area contributed by atoms with Gasteiger partial charge in [-0.25, -0.2) is 9.97 Å². The van der Waals surface area contributed by atoms with Gasteiger partial charge in [0.05, 0.1) is 20.7 Å². The lowest BCUT2D eigenvalue weighted by atomic mass is 10.3. The molecule has 1 heterocycles. The minimum Gasteiger partial charge on any atom is -0.378 e. The number of para-hydroxylation sites is 1. The Kier molecular flexibility index (Phi) is 3.68. The van der Waals surface area contributed by atoms with Crippen molar-refractivity contribution in [1.82, 2.24) is 9.97 Å². The van der Waals surface area contributed by atoms with Gasteiger partial charge < -0.3 is 11.1 Å². The summed E-state index contributed by atoms with van der Waals surface area (Å²) >= 11 is 11.9. The number of rotatable bonds is 3. The van der Waals surface area contributed by atoms with E-state index in [0.29, 0.717) is 15.7 Å². The van der Waals surface area contributed by atoms with E-state index in [9.17, 15) is 10.1 Å². The van der Waals surface area contributed by atoms with Gasteiger partial charge in [0.15, 0.2) is 0 Å². The van der Waals surface area contributed by atoms with Crippen LogP contribution in [0.3, 0.4) is 0 Å². The van der Waals surface area contributed by atoms with Gasteiger partial charge in [0.2, 0.25) is 11.6 Å². The largest absolute Gasteiger partial charge is 0.378 e. The molecular formula is C10H7Cl2N5O2. The highest BCUT2D eigenvalue weighted by Gasteiger charge is 2.22. The molecule has 0 saturated heterocycles. The smallest absolute Gasteiger partial charge is 0.353 e. The fraction of sp³-hybridized carbons (Fsp3) is 0. The average molecular weight is 300 g/mol. The van der Waals surface area contributed by atoms with E-state index in [1.165, 1.54) is 0 Å². The Bertz CT molecular complexity index is 630. The predicted octanol–water partition coefficient (Wildman–Crippen LogP) is 3.02. The number of hydrogen-bond acceptors (Lipinski definition) is 6. The summed E-state index contributed by atoms with van der Waals surface area (Å²) in [5.74, 6) is -0.321. The number of aromatic nitrogens is 2. The number of nitrogen functional groups attached to an aromatic ring is 1. The van der Waals surface area contributed by atoms with Gasteiger partial charge in [-0.3, -0.25) is 10.1 Å². The van der Waals surface area contributed by atoms with Gasteiger partial charge >= 0.3 is 5.69 Å². The number of hydrogen-bond donors (Lipinski definition) is 2. The second kappa shape index (κ2) is 5.25. The van der Waals surface area contributed by atoms with Crippen molar-refractivity contribution in [3.8, 4) is 0 Å². The molecule has 0 radical (unpaired) electrons. The van der Waals surface area contributed by atoms with Crippen LogP contribution in [0.25, 0.3) is 0 Å². The maximum Gasteiger partial charge on any atom is 0.353 e. The Labute approximate surface area is 117 Å². The number of nitrogens with two attached hydrogens (primary N) is 1. The molecule has 0 bridgehead atoms. The predicted molar refractivity (Wildman–Crippen MR) is 72.8 cm³/mol. The molecule has 3 N–H and O–H groups in total. The SMILES string of the molecule is Nc1ncnc(Nc2c(Cl)cccc2Cl)c1[N+](=O)[O-]. The molecule has 19 heavy (non-hydrogen) atoms. The zero-order valence-electron chi connectivity index (χ0n) is 9.30. The van der Waals surface area contributed by atoms with Crippen molar-refractivity contribution in [3.63, 3.8) is 0 Å². The van der Waals surface area contributed by atoms with Gasteiger partial charge in [-0.15, -0.1) is 0 Å². The first-order chi connectivity index (χ1) is 9.00. The lowest BCUT2D eigenvalue weighted by Gasteiger charge is -2.09. The van der Waals surface area contributed by atoms with Crippen LogP contribution in [0.5, 0.6) is 0 Å². The Morgan fingerprint density at radius 2 is 1.89 bits per heavy atom. The molecule has 0 aliphatic rings. The normalized spacial score (nSPS) is 10.2. The van der Waals surface area contributed by atoms with E-state index in [1.807, 2.05) is 0 Å². The van der Waals surface area contributed by atoms with Crippen LogP contribution in [0.2, 0.25) is 10.0 Å².